The first-order valence-electron chi connectivity index (χ1n) is 5.78. The molecule has 4 heteroatoms. The van der Waals surface area contributed by atoms with Crippen molar-refractivity contribution in [1.82, 2.24) is 5.32 Å². The number of nitrogens with one attached hydrogen (secondary N) is 2. The van der Waals surface area contributed by atoms with Crippen molar-refractivity contribution in [1.29, 1.82) is 0 Å². The second-order valence-corrected chi connectivity index (χ2v) is 4.23. The van der Waals surface area contributed by atoms with Crippen molar-refractivity contribution in [3.63, 3.8) is 0 Å². The van der Waals surface area contributed by atoms with Crippen molar-refractivity contribution < 1.29 is 9.90 Å². The summed E-state index contributed by atoms with van der Waals surface area (Å²) in [5.41, 5.74) is 4.16. The molecule has 1 aromatic carbocycles. The molecule has 3 N–H and O–H groups in total. The lowest BCUT2D eigenvalue weighted by molar-refractivity contribution is 0.249. The maximum atomic E-state index is 11.6. The summed E-state index contributed by atoms with van der Waals surface area (Å²) in [5.74, 6) is 0. The Labute approximate surface area is 102 Å². The summed E-state index contributed by atoms with van der Waals surface area (Å²) in [4.78, 5) is 11.6. The van der Waals surface area contributed by atoms with Gasteiger partial charge in [-0.05, 0) is 38.3 Å². The Morgan fingerprint density at radius 1 is 1.24 bits per heavy atom. The van der Waals surface area contributed by atoms with Crippen LogP contribution in [0, 0.1) is 20.8 Å². The summed E-state index contributed by atoms with van der Waals surface area (Å²) in [5, 5.41) is 14.1. The summed E-state index contributed by atoms with van der Waals surface area (Å²) < 4.78 is 0. The predicted molar refractivity (Wildman–Crippen MR) is 69.4 cm³/mol. The fourth-order valence-corrected chi connectivity index (χ4v) is 1.82. The number of aliphatic hydroxyl groups is 1. The zero-order valence-electron chi connectivity index (χ0n) is 10.6. The van der Waals surface area contributed by atoms with Gasteiger partial charge in [-0.1, -0.05) is 17.7 Å². The van der Waals surface area contributed by atoms with E-state index in [9.17, 15) is 4.79 Å². The van der Waals surface area contributed by atoms with Crippen LogP contribution in [0.4, 0.5) is 10.5 Å². The zero-order chi connectivity index (χ0) is 12.8. The molecule has 0 aliphatic heterocycles. The van der Waals surface area contributed by atoms with Crippen LogP contribution in [0.25, 0.3) is 0 Å². The number of urea groups is 1. The van der Waals surface area contributed by atoms with E-state index in [1.807, 2.05) is 32.9 Å². The number of carbonyl (C=O) groups excluding carboxylic acids is 1. The monoisotopic (exact) mass is 236 g/mol. The minimum atomic E-state index is -0.228. The molecule has 4 nitrogen and oxygen atoms in total. The molecule has 0 saturated heterocycles. The molecule has 0 atom stereocenters. The molecule has 0 fully saturated rings. The number of carbonyl (C=O) groups is 1. The minimum Gasteiger partial charge on any atom is -0.396 e. The van der Waals surface area contributed by atoms with Crippen molar-refractivity contribution in [2.75, 3.05) is 18.5 Å². The Balaban J connectivity index is 2.65. The van der Waals surface area contributed by atoms with Crippen LogP contribution in [0.15, 0.2) is 12.1 Å². The van der Waals surface area contributed by atoms with E-state index in [0.29, 0.717) is 13.0 Å². The highest BCUT2D eigenvalue weighted by Crippen LogP contribution is 2.21. The fourth-order valence-electron chi connectivity index (χ4n) is 1.82. The Hall–Kier alpha value is -1.55. The lowest BCUT2D eigenvalue weighted by atomic mass is 10.1. The quantitative estimate of drug-likeness (QED) is 0.701. The van der Waals surface area contributed by atoms with E-state index in [4.69, 9.17) is 5.11 Å². The summed E-state index contributed by atoms with van der Waals surface area (Å²) in [6.45, 7) is 6.55. The van der Waals surface area contributed by atoms with Gasteiger partial charge in [-0.15, -0.1) is 0 Å². The number of rotatable bonds is 4. The Bertz CT molecular complexity index is 379. The van der Waals surface area contributed by atoms with Gasteiger partial charge in [0.1, 0.15) is 0 Å². The van der Waals surface area contributed by atoms with Crippen molar-refractivity contribution in [2.24, 2.45) is 0 Å². The summed E-state index contributed by atoms with van der Waals surface area (Å²) >= 11 is 0. The van der Waals surface area contributed by atoms with E-state index in [0.717, 1.165) is 16.8 Å². The molecule has 0 heterocycles. The summed E-state index contributed by atoms with van der Waals surface area (Å²) in [7, 11) is 0. The van der Waals surface area contributed by atoms with Crippen molar-refractivity contribution in [2.45, 2.75) is 27.2 Å². The molecule has 1 rings (SSSR count). The number of hydrogen-bond acceptors (Lipinski definition) is 2. The molecule has 2 amide bonds. The largest absolute Gasteiger partial charge is 0.396 e. The maximum Gasteiger partial charge on any atom is 0.319 e. The van der Waals surface area contributed by atoms with E-state index in [1.165, 1.54) is 5.56 Å². The number of benzene rings is 1. The van der Waals surface area contributed by atoms with Gasteiger partial charge in [-0.25, -0.2) is 4.79 Å². The first-order chi connectivity index (χ1) is 8.04. The van der Waals surface area contributed by atoms with Crippen LogP contribution in [-0.4, -0.2) is 24.3 Å². The second-order valence-electron chi connectivity index (χ2n) is 4.23. The van der Waals surface area contributed by atoms with Gasteiger partial charge >= 0.3 is 6.03 Å². The van der Waals surface area contributed by atoms with Gasteiger partial charge < -0.3 is 15.7 Å². The summed E-state index contributed by atoms with van der Waals surface area (Å²) in [6.07, 6.45) is 0.569. The molecule has 0 unspecified atom stereocenters. The number of hydrogen-bond donors (Lipinski definition) is 3. The van der Waals surface area contributed by atoms with Gasteiger partial charge in [0.2, 0.25) is 0 Å². The molecule has 17 heavy (non-hydrogen) atoms. The molecular formula is C13H20N2O2. The average molecular weight is 236 g/mol. The van der Waals surface area contributed by atoms with Gasteiger partial charge in [0.15, 0.2) is 0 Å². The SMILES string of the molecule is Cc1cc(C)c(NC(=O)NCCCO)c(C)c1. The average Bonchev–Trinajstić information content (AvgIpc) is 2.24. The third-order valence-electron chi connectivity index (χ3n) is 2.54. The molecule has 0 aliphatic rings. The van der Waals surface area contributed by atoms with Gasteiger partial charge in [-0.2, -0.15) is 0 Å². The third kappa shape index (κ3) is 4.07. The van der Waals surface area contributed by atoms with Crippen molar-refractivity contribution in [3.05, 3.63) is 28.8 Å². The van der Waals surface area contributed by atoms with Crippen LogP contribution >= 0.6 is 0 Å². The van der Waals surface area contributed by atoms with Gasteiger partial charge in [-0.3, -0.25) is 0 Å². The first-order valence-corrected chi connectivity index (χ1v) is 5.78. The molecule has 0 bridgehead atoms. The summed E-state index contributed by atoms with van der Waals surface area (Å²) in [6, 6.07) is 3.85. The highest BCUT2D eigenvalue weighted by atomic mass is 16.3. The lowest BCUT2D eigenvalue weighted by Crippen LogP contribution is -2.30. The Kier molecular flexibility index (Phi) is 4.97. The first kappa shape index (κ1) is 13.5. The lowest BCUT2D eigenvalue weighted by Gasteiger charge is -2.13. The van der Waals surface area contributed by atoms with E-state index >= 15 is 0 Å². The van der Waals surface area contributed by atoms with Crippen LogP contribution in [0.1, 0.15) is 23.1 Å². The molecule has 0 spiro atoms. The van der Waals surface area contributed by atoms with E-state index in [1.54, 1.807) is 0 Å². The highest BCUT2D eigenvalue weighted by Gasteiger charge is 2.07. The van der Waals surface area contributed by atoms with E-state index in [-0.39, 0.29) is 12.6 Å². The van der Waals surface area contributed by atoms with Gasteiger partial charge in [0, 0.05) is 18.8 Å². The van der Waals surface area contributed by atoms with E-state index in [2.05, 4.69) is 10.6 Å². The topological polar surface area (TPSA) is 61.4 Å². The molecule has 0 aliphatic carbocycles. The number of anilines is 1. The zero-order valence-corrected chi connectivity index (χ0v) is 10.6. The normalized spacial score (nSPS) is 10.1. The molecule has 1 aromatic rings. The maximum absolute atomic E-state index is 11.6. The number of amides is 2. The Morgan fingerprint density at radius 3 is 2.35 bits per heavy atom. The van der Waals surface area contributed by atoms with Gasteiger partial charge in [0.25, 0.3) is 0 Å². The van der Waals surface area contributed by atoms with E-state index < -0.39 is 0 Å². The van der Waals surface area contributed by atoms with Crippen LogP contribution in [0.3, 0.4) is 0 Å². The molecule has 0 saturated carbocycles. The van der Waals surface area contributed by atoms with Crippen LogP contribution in [0.5, 0.6) is 0 Å². The minimum absolute atomic E-state index is 0.0862. The van der Waals surface area contributed by atoms with Crippen molar-refractivity contribution in [3.8, 4) is 0 Å². The molecular weight excluding hydrogens is 216 g/mol. The number of aryl methyl sites for hydroxylation is 3. The third-order valence-corrected chi connectivity index (χ3v) is 2.54. The fraction of sp³-hybridized carbons (Fsp3) is 0.462. The van der Waals surface area contributed by atoms with Gasteiger partial charge in [0.05, 0.1) is 0 Å². The predicted octanol–water partition coefficient (Wildman–Crippen LogP) is 2.12. The van der Waals surface area contributed by atoms with Crippen LogP contribution in [0.2, 0.25) is 0 Å². The number of aliphatic hydroxyl groups excluding tert-OH is 1. The highest BCUT2D eigenvalue weighted by molar-refractivity contribution is 5.91. The molecule has 0 aromatic heterocycles. The second kappa shape index (κ2) is 6.25. The van der Waals surface area contributed by atoms with Crippen molar-refractivity contribution >= 4 is 11.7 Å². The van der Waals surface area contributed by atoms with Crippen LogP contribution < -0.4 is 10.6 Å². The molecule has 0 radical (unpaired) electrons. The molecule has 94 valence electrons. The smallest absolute Gasteiger partial charge is 0.319 e. The Morgan fingerprint density at radius 2 is 1.82 bits per heavy atom. The van der Waals surface area contributed by atoms with Crippen LogP contribution in [-0.2, 0) is 0 Å². The standard InChI is InChI=1S/C13H20N2O2/c1-9-7-10(2)12(11(3)8-9)15-13(17)14-5-4-6-16/h7-8,16H,4-6H2,1-3H3,(H2,14,15,17).